The normalized spacial score (nSPS) is 22.1. The van der Waals surface area contributed by atoms with Gasteiger partial charge in [0.15, 0.2) is 0 Å². The second-order valence-electron chi connectivity index (χ2n) is 6.70. The Morgan fingerprint density at radius 3 is 2.83 bits per heavy atom. The molecule has 2 amide bonds. The molecule has 6 heteroatoms. The van der Waals surface area contributed by atoms with Gasteiger partial charge in [-0.1, -0.05) is 12.1 Å². The first-order valence-corrected chi connectivity index (χ1v) is 8.22. The van der Waals surface area contributed by atoms with Gasteiger partial charge < -0.3 is 10.2 Å². The SMILES string of the molecule is Cc1cc(C)n(Cc2cccc(C(=O)N3C[C@@H]4C[C@H]3C(=O)N4)c2)n1. The van der Waals surface area contributed by atoms with Crippen LogP contribution in [-0.4, -0.2) is 45.1 Å². The number of piperazine rings is 1. The van der Waals surface area contributed by atoms with E-state index in [4.69, 9.17) is 0 Å². The summed E-state index contributed by atoms with van der Waals surface area (Å²) in [7, 11) is 0. The predicted molar refractivity (Wildman–Crippen MR) is 88.6 cm³/mol. The molecule has 124 valence electrons. The summed E-state index contributed by atoms with van der Waals surface area (Å²) in [6.07, 6.45) is 0.732. The number of hydrogen-bond donors (Lipinski definition) is 1. The van der Waals surface area contributed by atoms with E-state index >= 15 is 0 Å². The maximum atomic E-state index is 12.8. The number of carbonyl (C=O) groups is 2. The van der Waals surface area contributed by atoms with Crippen molar-refractivity contribution in [2.24, 2.45) is 0 Å². The van der Waals surface area contributed by atoms with E-state index in [0.717, 1.165) is 23.4 Å². The Kier molecular flexibility index (Phi) is 3.40. The van der Waals surface area contributed by atoms with E-state index in [1.165, 1.54) is 0 Å². The molecule has 3 heterocycles. The Bertz CT molecular complexity index is 826. The molecule has 2 bridgehead atoms. The largest absolute Gasteiger partial charge is 0.350 e. The molecule has 2 saturated heterocycles. The molecule has 2 atom stereocenters. The van der Waals surface area contributed by atoms with Gasteiger partial charge in [-0.2, -0.15) is 5.10 Å². The van der Waals surface area contributed by atoms with Gasteiger partial charge in [0, 0.05) is 23.8 Å². The highest BCUT2D eigenvalue weighted by atomic mass is 16.2. The van der Waals surface area contributed by atoms with Gasteiger partial charge in [-0.3, -0.25) is 14.3 Å². The van der Waals surface area contributed by atoms with Crippen LogP contribution in [0.25, 0.3) is 0 Å². The molecule has 2 aromatic rings. The van der Waals surface area contributed by atoms with Crippen LogP contribution < -0.4 is 5.32 Å². The molecule has 0 aliphatic carbocycles. The Balaban J connectivity index is 1.55. The lowest BCUT2D eigenvalue weighted by molar-refractivity contribution is -0.124. The Morgan fingerprint density at radius 2 is 2.17 bits per heavy atom. The van der Waals surface area contributed by atoms with Gasteiger partial charge in [-0.05, 0) is 44.0 Å². The highest BCUT2D eigenvalue weighted by Crippen LogP contribution is 2.26. The lowest BCUT2D eigenvalue weighted by Crippen LogP contribution is -2.50. The van der Waals surface area contributed by atoms with Crippen molar-refractivity contribution in [1.29, 1.82) is 0 Å². The Labute approximate surface area is 140 Å². The molecule has 4 rings (SSSR count). The number of likely N-dealkylation sites (tertiary alicyclic amines) is 1. The fraction of sp³-hybridized carbons (Fsp3) is 0.389. The van der Waals surface area contributed by atoms with Crippen molar-refractivity contribution in [2.45, 2.75) is 38.9 Å². The van der Waals surface area contributed by atoms with Crippen LogP contribution in [0.5, 0.6) is 0 Å². The van der Waals surface area contributed by atoms with Crippen LogP contribution >= 0.6 is 0 Å². The number of aromatic nitrogens is 2. The molecule has 1 aromatic heterocycles. The number of carbonyl (C=O) groups excluding carboxylic acids is 2. The number of aryl methyl sites for hydroxylation is 2. The summed E-state index contributed by atoms with van der Waals surface area (Å²) < 4.78 is 1.93. The summed E-state index contributed by atoms with van der Waals surface area (Å²) in [4.78, 5) is 26.3. The predicted octanol–water partition coefficient (Wildman–Crippen LogP) is 1.26. The van der Waals surface area contributed by atoms with Gasteiger partial charge in [0.05, 0.1) is 12.2 Å². The minimum atomic E-state index is -0.304. The zero-order valence-corrected chi connectivity index (χ0v) is 13.8. The summed E-state index contributed by atoms with van der Waals surface area (Å²) >= 11 is 0. The summed E-state index contributed by atoms with van der Waals surface area (Å²) in [6.45, 7) is 5.23. The molecule has 1 aromatic carbocycles. The fourth-order valence-corrected chi connectivity index (χ4v) is 3.69. The van der Waals surface area contributed by atoms with E-state index in [2.05, 4.69) is 10.4 Å². The lowest BCUT2D eigenvalue weighted by Gasteiger charge is -2.26. The van der Waals surface area contributed by atoms with Crippen molar-refractivity contribution < 1.29 is 9.59 Å². The van der Waals surface area contributed by atoms with E-state index in [1.807, 2.05) is 48.9 Å². The zero-order chi connectivity index (χ0) is 16.8. The first-order valence-electron chi connectivity index (χ1n) is 8.22. The Hall–Kier alpha value is -2.63. The minimum Gasteiger partial charge on any atom is -0.350 e. The minimum absolute atomic E-state index is 0.0293. The first kappa shape index (κ1) is 14.9. The van der Waals surface area contributed by atoms with Crippen LogP contribution in [0.1, 0.15) is 33.7 Å². The van der Waals surface area contributed by atoms with Crippen LogP contribution in [0.2, 0.25) is 0 Å². The van der Waals surface area contributed by atoms with E-state index in [1.54, 1.807) is 4.90 Å². The number of nitrogens with zero attached hydrogens (tertiary/aromatic N) is 3. The van der Waals surface area contributed by atoms with Gasteiger partial charge >= 0.3 is 0 Å². The summed E-state index contributed by atoms with van der Waals surface area (Å²) in [6, 6.07) is 9.46. The number of amides is 2. The van der Waals surface area contributed by atoms with Crippen LogP contribution in [0.3, 0.4) is 0 Å². The van der Waals surface area contributed by atoms with Crippen molar-refractivity contribution in [1.82, 2.24) is 20.0 Å². The van der Waals surface area contributed by atoms with Crippen molar-refractivity contribution in [3.8, 4) is 0 Å². The third-order valence-corrected chi connectivity index (χ3v) is 4.82. The maximum Gasteiger partial charge on any atom is 0.254 e. The molecule has 0 saturated carbocycles. The standard InChI is InChI=1S/C18H20N4O2/c1-11-6-12(2)22(20-11)9-13-4-3-5-14(7-13)18(24)21-10-15-8-16(21)17(23)19-15/h3-7,15-16H,8-10H2,1-2H3,(H,19,23)/t15-,16-/m0/s1. The zero-order valence-electron chi connectivity index (χ0n) is 13.8. The third kappa shape index (κ3) is 2.48. The van der Waals surface area contributed by atoms with E-state index in [-0.39, 0.29) is 23.9 Å². The summed E-state index contributed by atoms with van der Waals surface area (Å²) in [5.74, 6) is -0.0917. The van der Waals surface area contributed by atoms with Crippen LogP contribution in [0, 0.1) is 13.8 Å². The summed E-state index contributed by atoms with van der Waals surface area (Å²) in [5.41, 5.74) is 3.74. The molecule has 24 heavy (non-hydrogen) atoms. The fourth-order valence-electron chi connectivity index (χ4n) is 3.69. The molecule has 0 radical (unpaired) electrons. The van der Waals surface area contributed by atoms with Crippen molar-refractivity contribution in [3.63, 3.8) is 0 Å². The van der Waals surface area contributed by atoms with E-state index in [0.29, 0.717) is 18.7 Å². The third-order valence-electron chi connectivity index (χ3n) is 4.82. The second kappa shape index (κ2) is 5.47. The van der Waals surface area contributed by atoms with Crippen LogP contribution in [-0.2, 0) is 11.3 Å². The number of rotatable bonds is 3. The molecule has 2 aliphatic rings. The molecular formula is C18H20N4O2. The smallest absolute Gasteiger partial charge is 0.254 e. The molecule has 6 nitrogen and oxygen atoms in total. The Morgan fingerprint density at radius 1 is 1.33 bits per heavy atom. The van der Waals surface area contributed by atoms with Gasteiger partial charge in [-0.25, -0.2) is 0 Å². The van der Waals surface area contributed by atoms with E-state index < -0.39 is 0 Å². The maximum absolute atomic E-state index is 12.8. The van der Waals surface area contributed by atoms with Crippen LogP contribution in [0.4, 0.5) is 0 Å². The molecule has 2 aliphatic heterocycles. The lowest BCUT2D eigenvalue weighted by atomic mass is 10.1. The number of nitrogens with one attached hydrogen (secondary N) is 1. The number of hydrogen-bond acceptors (Lipinski definition) is 3. The monoisotopic (exact) mass is 324 g/mol. The molecular weight excluding hydrogens is 304 g/mol. The topological polar surface area (TPSA) is 67.2 Å². The second-order valence-corrected chi connectivity index (χ2v) is 6.70. The molecule has 1 N–H and O–H groups in total. The van der Waals surface area contributed by atoms with Crippen molar-refractivity contribution in [3.05, 3.63) is 52.8 Å². The van der Waals surface area contributed by atoms with Gasteiger partial charge in [-0.15, -0.1) is 0 Å². The first-order chi connectivity index (χ1) is 11.5. The van der Waals surface area contributed by atoms with Gasteiger partial charge in [0.1, 0.15) is 6.04 Å². The molecule has 0 unspecified atom stereocenters. The highest BCUT2D eigenvalue weighted by molar-refractivity contribution is 5.99. The van der Waals surface area contributed by atoms with Crippen molar-refractivity contribution >= 4 is 11.8 Å². The average Bonchev–Trinajstić information content (AvgIpc) is 3.21. The number of benzene rings is 1. The highest BCUT2D eigenvalue weighted by Gasteiger charge is 2.46. The summed E-state index contributed by atoms with van der Waals surface area (Å²) in [5, 5.41) is 7.36. The number of fused-ring (bicyclic) bond motifs is 2. The van der Waals surface area contributed by atoms with Crippen molar-refractivity contribution in [2.75, 3.05) is 6.54 Å². The quantitative estimate of drug-likeness (QED) is 0.924. The van der Waals surface area contributed by atoms with Gasteiger partial charge in [0.25, 0.3) is 5.91 Å². The van der Waals surface area contributed by atoms with Crippen LogP contribution in [0.15, 0.2) is 30.3 Å². The average molecular weight is 324 g/mol. The molecule has 2 fully saturated rings. The van der Waals surface area contributed by atoms with Gasteiger partial charge in [0.2, 0.25) is 5.91 Å². The molecule has 0 spiro atoms. The van der Waals surface area contributed by atoms with E-state index in [9.17, 15) is 9.59 Å².